The van der Waals surface area contributed by atoms with Crippen molar-refractivity contribution < 1.29 is 4.79 Å². The number of hydrogen-bond acceptors (Lipinski definition) is 4. The lowest BCUT2D eigenvalue weighted by atomic mass is 10.1. The Kier molecular flexibility index (Phi) is 3.57. The molecule has 0 saturated heterocycles. The van der Waals surface area contributed by atoms with Crippen molar-refractivity contribution in [1.29, 1.82) is 0 Å². The second-order valence-electron chi connectivity index (χ2n) is 3.35. The molecule has 0 saturated carbocycles. The van der Waals surface area contributed by atoms with Crippen LogP contribution in [0.2, 0.25) is 0 Å². The summed E-state index contributed by atoms with van der Waals surface area (Å²) >= 11 is 1.45. The maximum absolute atomic E-state index is 11.5. The maximum Gasteiger partial charge on any atom is 0.182 e. The highest BCUT2D eigenvalue weighted by Gasteiger charge is 2.11. The van der Waals surface area contributed by atoms with E-state index in [2.05, 4.69) is 4.98 Å². The van der Waals surface area contributed by atoms with Crippen LogP contribution in [0.4, 0.5) is 0 Å². The minimum atomic E-state index is 0.117. The second kappa shape index (κ2) is 4.48. The van der Waals surface area contributed by atoms with Gasteiger partial charge in [-0.05, 0) is 5.92 Å². The highest BCUT2D eigenvalue weighted by molar-refractivity contribution is 7.09. The molecular weight excluding hydrogens is 184 g/mol. The van der Waals surface area contributed by atoms with Crippen LogP contribution in [0.15, 0.2) is 5.38 Å². The summed E-state index contributed by atoms with van der Waals surface area (Å²) in [6.07, 6.45) is 0.563. The number of rotatable bonds is 4. The van der Waals surface area contributed by atoms with Crippen LogP contribution in [0.1, 0.15) is 35.8 Å². The van der Waals surface area contributed by atoms with Crippen LogP contribution in [0.3, 0.4) is 0 Å². The molecule has 0 fully saturated rings. The lowest BCUT2D eigenvalue weighted by molar-refractivity contribution is 0.0963. The quantitative estimate of drug-likeness (QED) is 0.751. The number of nitrogens with zero attached hydrogens (tertiary/aromatic N) is 1. The first-order valence-corrected chi connectivity index (χ1v) is 5.19. The Morgan fingerprint density at radius 2 is 2.38 bits per heavy atom. The first-order chi connectivity index (χ1) is 6.13. The number of ketones is 1. The second-order valence-corrected chi connectivity index (χ2v) is 4.29. The first-order valence-electron chi connectivity index (χ1n) is 4.31. The Morgan fingerprint density at radius 1 is 1.69 bits per heavy atom. The summed E-state index contributed by atoms with van der Waals surface area (Å²) in [5, 5.41) is 2.61. The monoisotopic (exact) mass is 198 g/mol. The molecule has 0 bridgehead atoms. The van der Waals surface area contributed by atoms with Crippen LogP contribution in [0.5, 0.6) is 0 Å². The van der Waals surface area contributed by atoms with Crippen molar-refractivity contribution in [3.8, 4) is 0 Å². The molecule has 1 aromatic heterocycles. The van der Waals surface area contributed by atoms with E-state index >= 15 is 0 Å². The van der Waals surface area contributed by atoms with Crippen LogP contribution in [0.25, 0.3) is 0 Å². The summed E-state index contributed by atoms with van der Waals surface area (Å²) in [6, 6.07) is 0. The SMILES string of the molecule is CC(C)CC(=O)c1csc(CN)n1. The molecule has 0 atom stereocenters. The molecule has 0 aliphatic carbocycles. The number of nitrogens with two attached hydrogens (primary N) is 1. The van der Waals surface area contributed by atoms with Gasteiger partial charge in [0, 0.05) is 18.3 Å². The molecule has 1 rings (SSSR count). The molecule has 1 heterocycles. The first kappa shape index (κ1) is 10.3. The Hall–Kier alpha value is -0.740. The third-order valence-corrected chi connectivity index (χ3v) is 2.48. The Labute approximate surface area is 82.0 Å². The van der Waals surface area contributed by atoms with Crippen molar-refractivity contribution in [2.45, 2.75) is 26.8 Å². The zero-order valence-corrected chi connectivity index (χ0v) is 8.73. The Bertz CT molecular complexity index is 294. The number of carbonyl (C=O) groups excluding carboxylic acids is 1. The fourth-order valence-corrected chi connectivity index (χ4v) is 1.69. The molecule has 0 spiro atoms. The average molecular weight is 198 g/mol. The van der Waals surface area contributed by atoms with E-state index in [9.17, 15) is 4.79 Å². The van der Waals surface area contributed by atoms with E-state index in [-0.39, 0.29) is 5.78 Å². The van der Waals surface area contributed by atoms with Gasteiger partial charge in [-0.25, -0.2) is 4.98 Å². The zero-order valence-electron chi connectivity index (χ0n) is 7.91. The summed E-state index contributed by atoms with van der Waals surface area (Å²) in [7, 11) is 0. The normalized spacial score (nSPS) is 10.8. The number of Topliss-reactive ketones (excluding diaryl/α,β-unsaturated/α-hetero) is 1. The Balaban J connectivity index is 2.66. The molecule has 13 heavy (non-hydrogen) atoms. The summed E-state index contributed by atoms with van der Waals surface area (Å²) < 4.78 is 0. The highest BCUT2D eigenvalue weighted by atomic mass is 32.1. The lowest BCUT2D eigenvalue weighted by Crippen LogP contribution is -2.04. The third-order valence-electron chi connectivity index (χ3n) is 1.61. The van der Waals surface area contributed by atoms with Crippen LogP contribution < -0.4 is 5.73 Å². The molecule has 0 radical (unpaired) electrons. The zero-order chi connectivity index (χ0) is 9.84. The van der Waals surface area contributed by atoms with Crippen molar-refractivity contribution in [1.82, 2.24) is 4.98 Å². The van der Waals surface area contributed by atoms with Crippen LogP contribution >= 0.6 is 11.3 Å². The van der Waals surface area contributed by atoms with Gasteiger partial charge in [0.25, 0.3) is 0 Å². The van der Waals surface area contributed by atoms with Gasteiger partial charge in [-0.2, -0.15) is 0 Å². The lowest BCUT2D eigenvalue weighted by Gasteiger charge is -1.99. The van der Waals surface area contributed by atoms with E-state index in [1.165, 1.54) is 11.3 Å². The number of aromatic nitrogens is 1. The molecule has 2 N–H and O–H groups in total. The summed E-state index contributed by atoms with van der Waals surface area (Å²) in [6.45, 7) is 4.46. The van der Waals surface area contributed by atoms with Gasteiger partial charge >= 0.3 is 0 Å². The van der Waals surface area contributed by atoms with Crippen molar-refractivity contribution >= 4 is 17.1 Å². The standard InChI is InChI=1S/C9H14N2OS/c1-6(2)3-8(12)7-5-13-9(4-10)11-7/h5-6H,3-4,10H2,1-2H3. The van der Waals surface area contributed by atoms with E-state index in [4.69, 9.17) is 5.73 Å². The van der Waals surface area contributed by atoms with Gasteiger partial charge in [-0.15, -0.1) is 11.3 Å². The smallest absolute Gasteiger partial charge is 0.182 e. The van der Waals surface area contributed by atoms with E-state index < -0.39 is 0 Å². The van der Waals surface area contributed by atoms with Crippen molar-refractivity contribution in [2.75, 3.05) is 0 Å². The molecule has 4 heteroatoms. The average Bonchev–Trinajstić information content (AvgIpc) is 2.50. The number of thiazole rings is 1. The third kappa shape index (κ3) is 2.90. The van der Waals surface area contributed by atoms with Gasteiger partial charge in [0.15, 0.2) is 5.78 Å². The summed E-state index contributed by atoms with van der Waals surface area (Å²) in [5.74, 6) is 0.501. The van der Waals surface area contributed by atoms with E-state index in [0.29, 0.717) is 24.6 Å². The molecular formula is C9H14N2OS. The van der Waals surface area contributed by atoms with E-state index in [1.54, 1.807) is 5.38 Å². The highest BCUT2D eigenvalue weighted by Crippen LogP contribution is 2.13. The maximum atomic E-state index is 11.5. The fourth-order valence-electron chi connectivity index (χ4n) is 1.01. The molecule has 72 valence electrons. The largest absolute Gasteiger partial charge is 0.325 e. The molecule has 3 nitrogen and oxygen atoms in total. The van der Waals surface area contributed by atoms with Gasteiger partial charge in [0.05, 0.1) is 0 Å². The minimum Gasteiger partial charge on any atom is -0.325 e. The minimum absolute atomic E-state index is 0.117. The molecule has 0 unspecified atom stereocenters. The van der Waals surface area contributed by atoms with Crippen LogP contribution in [-0.2, 0) is 6.54 Å². The van der Waals surface area contributed by atoms with Crippen molar-refractivity contribution in [3.63, 3.8) is 0 Å². The van der Waals surface area contributed by atoms with Crippen LogP contribution in [-0.4, -0.2) is 10.8 Å². The van der Waals surface area contributed by atoms with Gasteiger partial charge in [-0.3, -0.25) is 4.79 Å². The van der Waals surface area contributed by atoms with Gasteiger partial charge in [0.1, 0.15) is 10.7 Å². The van der Waals surface area contributed by atoms with Gasteiger partial charge in [-0.1, -0.05) is 13.8 Å². The molecule has 0 aromatic carbocycles. The van der Waals surface area contributed by atoms with E-state index in [0.717, 1.165) is 5.01 Å². The number of hydrogen-bond donors (Lipinski definition) is 1. The summed E-state index contributed by atoms with van der Waals surface area (Å²) in [4.78, 5) is 15.6. The van der Waals surface area contributed by atoms with Crippen LogP contribution in [0, 0.1) is 5.92 Å². The molecule has 0 aliphatic rings. The number of carbonyl (C=O) groups is 1. The predicted octanol–water partition coefficient (Wildman–Crippen LogP) is 1.83. The Morgan fingerprint density at radius 3 is 2.85 bits per heavy atom. The van der Waals surface area contributed by atoms with E-state index in [1.807, 2.05) is 13.8 Å². The molecule has 0 aliphatic heterocycles. The molecule has 1 aromatic rings. The predicted molar refractivity (Wildman–Crippen MR) is 53.8 cm³/mol. The van der Waals surface area contributed by atoms with Crippen molar-refractivity contribution in [3.05, 3.63) is 16.1 Å². The van der Waals surface area contributed by atoms with Gasteiger partial charge < -0.3 is 5.73 Å². The topological polar surface area (TPSA) is 56.0 Å². The molecule has 0 amide bonds. The van der Waals surface area contributed by atoms with Crippen molar-refractivity contribution in [2.24, 2.45) is 11.7 Å². The summed E-state index contributed by atoms with van der Waals surface area (Å²) in [5.41, 5.74) is 5.97. The van der Waals surface area contributed by atoms with Gasteiger partial charge in [0.2, 0.25) is 0 Å². The fraction of sp³-hybridized carbons (Fsp3) is 0.556.